The predicted octanol–water partition coefficient (Wildman–Crippen LogP) is 3.41. The Kier molecular flexibility index (Phi) is 3.92. The lowest BCUT2D eigenvalue weighted by molar-refractivity contribution is 0.419. The zero-order valence-corrected chi connectivity index (χ0v) is 8.67. The minimum absolute atomic E-state index is 0.690. The molecular formula is C9H12IN. The Morgan fingerprint density at radius 2 is 2.00 bits per heavy atom. The Hall–Kier alpha value is -0.0400. The maximum atomic E-state index is 8.54. The van der Waals surface area contributed by atoms with E-state index in [1.165, 1.54) is 32.1 Å². The van der Waals surface area contributed by atoms with E-state index in [0.717, 1.165) is 3.58 Å². The van der Waals surface area contributed by atoms with Crippen LogP contribution in [0, 0.1) is 17.2 Å². The van der Waals surface area contributed by atoms with Crippen molar-refractivity contribution in [2.24, 2.45) is 5.92 Å². The van der Waals surface area contributed by atoms with E-state index < -0.39 is 0 Å². The highest BCUT2D eigenvalue weighted by Crippen LogP contribution is 2.26. The van der Waals surface area contributed by atoms with E-state index in [4.69, 9.17) is 5.26 Å². The number of hydrogen-bond acceptors (Lipinski definition) is 1. The topological polar surface area (TPSA) is 23.8 Å². The summed E-state index contributed by atoms with van der Waals surface area (Å²) in [6, 6.07) is 2.16. The highest BCUT2D eigenvalue weighted by Gasteiger charge is 2.10. The predicted molar refractivity (Wildman–Crippen MR) is 54.3 cm³/mol. The third-order valence-corrected chi connectivity index (χ3v) is 2.74. The molecule has 0 aromatic rings. The second kappa shape index (κ2) is 4.76. The monoisotopic (exact) mass is 261 g/mol. The average Bonchev–Trinajstić information content (AvgIpc) is 2.06. The molecule has 0 atom stereocenters. The molecule has 60 valence electrons. The van der Waals surface area contributed by atoms with Gasteiger partial charge in [0.05, 0.1) is 3.58 Å². The molecule has 1 saturated carbocycles. The van der Waals surface area contributed by atoms with Gasteiger partial charge in [-0.1, -0.05) is 25.3 Å². The van der Waals surface area contributed by atoms with Gasteiger partial charge in [-0.05, 0) is 41.4 Å². The molecule has 1 rings (SSSR count). The molecule has 1 fully saturated rings. The van der Waals surface area contributed by atoms with Crippen molar-refractivity contribution in [1.82, 2.24) is 0 Å². The van der Waals surface area contributed by atoms with E-state index in [0.29, 0.717) is 5.92 Å². The molecule has 0 saturated heterocycles. The first-order chi connectivity index (χ1) is 5.33. The van der Waals surface area contributed by atoms with Crippen LogP contribution in [0.15, 0.2) is 9.66 Å². The minimum Gasteiger partial charge on any atom is -0.192 e. The summed E-state index contributed by atoms with van der Waals surface area (Å²) in [6.45, 7) is 0. The van der Waals surface area contributed by atoms with Crippen molar-refractivity contribution in [2.45, 2.75) is 32.1 Å². The van der Waals surface area contributed by atoms with Gasteiger partial charge in [0.25, 0.3) is 0 Å². The van der Waals surface area contributed by atoms with Gasteiger partial charge in [-0.2, -0.15) is 5.26 Å². The first-order valence-electron chi connectivity index (χ1n) is 4.10. The largest absolute Gasteiger partial charge is 0.192 e. The summed E-state index contributed by atoms with van der Waals surface area (Å²) >= 11 is 2.11. The number of hydrogen-bond donors (Lipinski definition) is 0. The zero-order valence-electron chi connectivity index (χ0n) is 6.52. The molecule has 0 N–H and O–H groups in total. The van der Waals surface area contributed by atoms with Gasteiger partial charge >= 0.3 is 0 Å². The van der Waals surface area contributed by atoms with Gasteiger partial charge in [0.1, 0.15) is 6.07 Å². The maximum absolute atomic E-state index is 8.54. The molecule has 1 aliphatic rings. The van der Waals surface area contributed by atoms with Crippen LogP contribution in [0.5, 0.6) is 0 Å². The molecule has 0 heterocycles. The third kappa shape index (κ3) is 3.24. The second-order valence-electron chi connectivity index (χ2n) is 3.02. The Bertz CT molecular complexity index is 184. The summed E-state index contributed by atoms with van der Waals surface area (Å²) in [5.41, 5.74) is 0. The van der Waals surface area contributed by atoms with Gasteiger partial charge in [0.15, 0.2) is 0 Å². The number of halogens is 1. The van der Waals surface area contributed by atoms with Gasteiger partial charge in [0, 0.05) is 0 Å². The van der Waals surface area contributed by atoms with Crippen molar-refractivity contribution < 1.29 is 0 Å². The van der Waals surface area contributed by atoms with Crippen LogP contribution >= 0.6 is 22.6 Å². The molecule has 2 heteroatoms. The number of allylic oxidation sites excluding steroid dienone is 2. The van der Waals surface area contributed by atoms with E-state index in [9.17, 15) is 0 Å². The number of nitriles is 1. The van der Waals surface area contributed by atoms with E-state index in [2.05, 4.69) is 34.7 Å². The Morgan fingerprint density at radius 3 is 2.55 bits per heavy atom. The molecule has 0 unspecified atom stereocenters. The van der Waals surface area contributed by atoms with E-state index in [1.54, 1.807) is 0 Å². The fourth-order valence-corrected chi connectivity index (χ4v) is 2.05. The molecule has 1 aliphatic carbocycles. The molecule has 0 aliphatic heterocycles. The smallest absolute Gasteiger partial charge is 0.105 e. The maximum Gasteiger partial charge on any atom is 0.105 e. The first kappa shape index (κ1) is 9.05. The molecule has 0 amide bonds. The van der Waals surface area contributed by atoms with Crippen molar-refractivity contribution in [3.8, 4) is 6.07 Å². The van der Waals surface area contributed by atoms with E-state index in [1.807, 2.05) is 0 Å². The van der Waals surface area contributed by atoms with E-state index >= 15 is 0 Å². The normalized spacial score (nSPS) is 21.3. The molecule has 1 nitrogen and oxygen atoms in total. The van der Waals surface area contributed by atoms with E-state index in [-0.39, 0.29) is 0 Å². The molecule has 0 spiro atoms. The summed E-state index contributed by atoms with van der Waals surface area (Å²) in [7, 11) is 0. The number of rotatable bonds is 1. The number of nitrogens with zero attached hydrogens (tertiary/aromatic N) is 1. The summed E-state index contributed by atoms with van der Waals surface area (Å²) in [4.78, 5) is 0. The lowest BCUT2D eigenvalue weighted by Gasteiger charge is -2.17. The van der Waals surface area contributed by atoms with Crippen LogP contribution in [0.1, 0.15) is 32.1 Å². The Labute approximate surface area is 81.6 Å². The molecule has 0 radical (unpaired) electrons. The summed E-state index contributed by atoms with van der Waals surface area (Å²) in [5, 5.41) is 8.54. The SMILES string of the molecule is N#C/C(I)=C/C1CCCCC1. The van der Waals surface area contributed by atoms with Crippen LogP contribution in [-0.2, 0) is 0 Å². The zero-order chi connectivity index (χ0) is 8.10. The summed E-state index contributed by atoms with van der Waals surface area (Å²) in [6.07, 6.45) is 8.77. The van der Waals surface area contributed by atoms with Crippen molar-refractivity contribution in [3.05, 3.63) is 9.66 Å². The quantitative estimate of drug-likeness (QED) is 0.524. The fourth-order valence-electron chi connectivity index (χ4n) is 1.55. The molecule has 0 aromatic carbocycles. The molecule has 0 bridgehead atoms. The van der Waals surface area contributed by atoms with Crippen LogP contribution in [0.2, 0.25) is 0 Å². The second-order valence-corrected chi connectivity index (χ2v) is 4.19. The van der Waals surface area contributed by atoms with Crippen LogP contribution in [0.3, 0.4) is 0 Å². The van der Waals surface area contributed by atoms with Gasteiger partial charge < -0.3 is 0 Å². The van der Waals surface area contributed by atoms with Crippen molar-refractivity contribution in [3.63, 3.8) is 0 Å². The van der Waals surface area contributed by atoms with Crippen LogP contribution in [0.25, 0.3) is 0 Å². The minimum atomic E-state index is 0.690. The first-order valence-corrected chi connectivity index (χ1v) is 5.18. The van der Waals surface area contributed by atoms with Crippen LogP contribution in [-0.4, -0.2) is 0 Å². The van der Waals surface area contributed by atoms with Crippen LogP contribution in [0.4, 0.5) is 0 Å². The van der Waals surface area contributed by atoms with Gasteiger partial charge in [-0.3, -0.25) is 0 Å². The fraction of sp³-hybridized carbons (Fsp3) is 0.667. The van der Waals surface area contributed by atoms with Gasteiger partial charge in [0.2, 0.25) is 0 Å². The Balaban J connectivity index is 2.42. The highest BCUT2D eigenvalue weighted by molar-refractivity contribution is 14.1. The van der Waals surface area contributed by atoms with Gasteiger partial charge in [-0.15, -0.1) is 0 Å². The van der Waals surface area contributed by atoms with Gasteiger partial charge in [-0.25, -0.2) is 0 Å². The van der Waals surface area contributed by atoms with Crippen molar-refractivity contribution in [2.75, 3.05) is 0 Å². The standard InChI is InChI=1S/C9H12IN/c10-9(7-11)6-8-4-2-1-3-5-8/h6,8H,1-5H2/b9-6-. The third-order valence-electron chi connectivity index (χ3n) is 2.14. The van der Waals surface area contributed by atoms with Crippen molar-refractivity contribution >= 4 is 22.6 Å². The average molecular weight is 261 g/mol. The lowest BCUT2D eigenvalue weighted by Crippen LogP contribution is -2.02. The summed E-state index contributed by atoms with van der Waals surface area (Å²) < 4.78 is 0.856. The highest BCUT2D eigenvalue weighted by atomic mass is 127. The lowest BCUT2D eigenvalue weighted by atomic mass is 9.89. The molecule has 0 aromatic heterocycles. The summed E-state index contributed by atoms with van der Waals surface area (Å²) in [5.74, 6) is 0.690. The van der Waals surface area contributed by atoms with Crippen molar-refractivity contribution in [1.29, 1.82) is 5.26 Å². The molecule has 11 heavy (non-hydrogen) atoms. The van der Waals surface area contributed by atoms with Crippen LogP contribution < -0.4 is 0 Å². The Morgan fingerprint density at radius 1 is 1.36 bits per heavy atom. The molecular weight excluding hydrogens is 249 g/mol.